The fraction of sp³-hybridized carbons (Fsp3) is 0.417. The van der Waals surface area contributed by atoms with E-state index in [1.54, 1.807) is 11.9 Å². The lowest BCUT2D eigenvalue weighted by molar-refractivity contribution is -0.123. The van der Waals surface area contributed by atoms with Gasteiger partial charge in [-0.25, -0.2) is 0 Å². The second kappa shape index (κ2) is 4.18. The number of carbonyl (C=O) groups is 1. The normalized spacial score (nSPS) is 16.9. The first-order chi connectivity index (χ1) is 7.59. The minimum atomic E-state index is -0.276. The summed E-state index contributed by atoms with van der Waals surface area (Å²) < 4.78 is 1.01. The van der Waals surface area contributed by atoms with Crippen molar-refractivity contribution < 1.29 is 4.79 Å². The van der Waals surface area contributed by atoms with Crippen LogP contribution in [0.4, 0.5) is 5.69 Å². The summed E-state index contributed by atoms with van der Waals surface area (Å²) in [7, 11) is 1.81. The Labute approximate surface area is 104 Å². The van der Waals surface area contributed by atoms with Gasteiger partial charge in [0, 0.05) is 23.8 Å². The van der Waals surface area contributed by atoms with Crippen molar-refractivity contribution in [1.29, 1.82) is 0 Å². The standard InChI is InChI=1S/C12H15BrN2O/c1-15(10-4-2-9(13)3-5-10)11(16)12(8-14)6-7-12/h2-5H,6-8,14H2,1H3. The van der Waals surface area contributed by atoms with Crippen LogP contribution in [0, 0.1) is 5.41 Å². The van der Waals surface area contributed by atoms with Gasteiger partial charge in [-0.2, -0.15) is 0 Å². The van der Waals surface area contributed by atoms with Crippen LogP contribution in [0.2, 0.25) is 0 Å². The molecule has 1 fully saturated rings. The third kappa shape index (κ3) is 1.99. The van der Waals surface area contributed by atoms with E-state index in [2.05, 4.69) is 15.9 Å². The molecule has 2 N–H and O–H groups in total. The summed E-state index contributed by atoms with van der Waals surface area (Å²) in [6.07, 6.45) is 1.84. The summed E-state index contributed by atoms with van der Waals surface area (Å²) in [5.74, 6) is 0.136. The van der Waals surface area contributed by atoms with Crippen LogP contribution in [0.5, 0.6) is 0 Å². The predicted octanol–water partition coefficient (Wildman–Crippen LogP) is 2.15. The molecule has 1 amide bonds. The van der Waals surface area contributed by atoms with Crippen LogP contribution in [-0.4, -0.2) is 19.5 Å². The van der Waals surface area contributed by atoms with E-state index in [0.29, 0.717) is 6.54 Å². The molecular weight excluding hydrogens is 268 g/mol. The van der Waals surface area contributed by atoms with Crippen LogP contribution in [0.15, 0.2) is 28.7 Å². The van der Waals surface area contributed by atoms with E-state index in [1.165, 1.54) is 0 Å². The summed E-state index contributed by atoms with van der Waals surface area (Å²) >= 11 is 3.37. The molecule has 1 aromatic rings. The van der Waals surface area contributed by atoms with Gasteiger partial charge in [0.1, 0.15) is 0 Å². The van der Waals surface area contributed by atoms with Crippen molar-refractivity contribution in [2.45, 2.75) is 12.8 Å². The monoisotopic (exact) mass is 282 g/mol. The third-order valence-corrected chi connectivity index (χ3v) is 3.75. The Kier molecular flexibility index (Phi) is 3.04. The molecular formula is C12H15BrN2O. The zero-order chi connectivity index (χ0) is 11.8. The van der Waals surface area contributed by atoms with Crippen molar-refractivity contribution in [2.75, 3.05) is 18.5 Å². The van der Waals surface area contributed by atoms with Gasteiger partial charge in [-0.1, -0.05) is 15.9 Å². The Morgan fingerprint density at radius 2 is 2.00 bits per heavy atom. The van der Waals surface area contributed by atoms with Gasteiger partial charge in [0.15, 0.2) is 0 Å². The molecule has 2 rings (SSSR count). The van der Waals surface area contributed by atoms with Crippen molar-refractivity contribution in [2.24, 2.45) is 11.1 Å². The zero-order valence-electron chi connectivity index (χ0n) is 9.24. The maximum Gasteiger partial charge on any atom is 0.234 e. The number of halogens is 1. The molecule has 1 aromatic carbocycles. The molecule has 4 heteroatoms. The molecule has 0 radical (unpaired) electrons. The number of nitrogens with zero attached hydrogens (tertiary/aromatic N) is 1. The van der Waals surface area contributed by atoms with E-state index >= 15 is 0 Å². The van der Waals surface area contributed by atoms with Crippen LogP contribution < -0.4 is 10.6 Å². The highest BCUT2D eigenvalue weighted by atomic mass is 79.9. The predicted molar refractivity (Wildman–Crippen MR) is 68.3 cm³/mol. The lowest BCUT2D eigenvalue weighted by Crippen LogP contribution is -2.38. The number of hydrogen-bond donors (Lipinski definition) is 1. The summed E-state index contributed by atoms with van der Waals surface area (Å²) in [5.41, 5.74) is 6.29. The number of benzene rings is 1. The smallest absolute Gasteiger partial charge is 0.234 e. The lowest BCUT2D eigenvalue weighted by atomic mass is 10.1. The first-order valence-electron chi connectivity index (χ1n) is 5.33. The van der Waals surface area contributed by atoms with Crippen molar-refractivity contribution in [3.05, 3.63) is 28.7 Å². The maximum absolute atomic E-state index is 12.2. The first-order valence-corrected chi connectivity index (χ1v) is 6.12. The molecule has 0 aliphatic heterocycles. The van der Waals surface area contributed by atoms with Gasteiger partial charge < -0.3 is 10.6 Å². The molecule has 3 nitrogen and oxygen atoms in total. The van der Waals surface area contributed by atoms with Crippen LogP contribution in [-0.2, 0) is 4.79 Å². The highest BCUT2D eigenvalue weighted by Crippen LogP contribution is 2.46. The molecule has 1 aliphatic rings. The maximum atomic E-state index is 12.2. The first kappa shape index (κ1) is 11.6. The Morgan fingerprint density at radius 1 is 1.44 bits per heavy atom. The minimum absolute atomic E-state index is 0.136. The van der Waals surface area contributed by atoms with Gasteiger partial charge in [0.05, 0.1) is 5.41 Å². The van der Waals surface area contributed by atoms with Gasteiger partial charge in [-0.3, -0.25) is 4.79 Å². The van der Waals surface area contributed by atoms with Gasteiger partial charge in [-0.15, -0.1) is 0 Å². The molecule has 0 bridgehead atoms. The van der Waals surface area contributed by atoms with E-state index in [-0.39, 0.29) is 11.3 Å². The van der Waals surface area contributed by atoms with E-state index in [4.69, 9.17) is 5.73 Å². The highest BCUT2D eigenvalue weighted by Gasteiger charge is 2.50. The van der Waals surface area contributed by atoms with E-state index < -0.39 is 0 Å². The largest absolute Gasteiger partial charge is 0.329 e. The molecule has 0 heterocycles. The zero-order valence-corrected chi connectivity index (χ0v) is 10.8. The molecule has 0 saturated heterocycles. The van der Waals surface area contributed by atoms with Gasteiger partial charge in [-0.05, 0) is 37.1 Å². The topological polar surface area (TPSA) is 46.3 Å². The fourth-order valence-electron chi connectivity index (χ4n) is 1.79. The highest BCUT2D eigenvalue weighted by molar-refractivity contribution is 9.10. The quantitative estimate of drug-likeness (QED) is 0.924. The summed E-state index contributed by atoms with van der Waals surface area (Å²) in [5, 5.41) is 0. The van der Waals surface area contributed by atoms with Gasteiger partial charge >= 0.3 is 0 Å². The number of carbonyl (C=O) groups excluding carboxylic acids is 1. The van der Waals surface area contributed by atoms with Gasteiger partial charge in [0.2, 0.25) is 5.91 Å². The molecule has 0 unspecified atom stereocenters. The van der Waals surface area contributed by atoms with Crippen molar-refractivity contribution in [1.82, 2.24) is 0 Å². The Morgan fingerprint density at radius 3 is 2.44 bits per heavy atom. The molecule has 86 valence electrons. The summed E-state index contributed by atoms with van der Waals surface area (Å²) in [6.45, 7) is 0.451. The van der Waals surface area contributed by atoms with Crippen molar-refractivity contribution in [3.8, 4) is 0 Å². The van der Waals surface area contributed by atoms with Crippen LogP contribution >= 0.6 is 15.9 Å². The number of anilines is 1. The molecule has 16 heavy (non-hydrogen) atoms. The van der Waals surface area contributed by atoms with Crippen molar-refractivity contribution >= 4 is 27.5 Å². The number of hydrogen-bond acceptors (Lipinski definition) is 2. The number of rotatable bonds is 3. The van der Waals surface area contributed by atoms with Crippen molar-refractivity contribution in [3.63, 3.8) is 0 Å². The van der Waals surface area contributed by atoms with Crippen LogP contribution in [0.1, 0.15) is 12.8 Å². The van der Waals surface area contributed by atoms with Crippen LogP contribution in [0.3, 0.4) is 0 Å². The average molecular weight is 283 g/mol. The van der Waals surface area contributed by atoms with Crippen LogP contribution in [0.25, 0.3) is 0 Å². The van der Waals surface area contributed by atoms with E-state index in [1.807, 2.05) is 24.3 Å². The molecule has 0 aromatic heterocycles. The third-order valence-electron chi connectivity index (χ3n) is 3.22. The second-order valence-corrected chi connectivity index (χ2v) is 5.24. The second-order valence-electron chi connectivity index (χ2n) is 4.33. The number of nitrogens with two attached hydrogens (primary N) is 1. The van der Waals surface area contributed by atoms with E-state index in [0.717, 1.165) is 23.0 Å². The molecule has 1 aliphatic carbocycles. The van der Waals surface area contributed by atoms with Gasteiger partial charge in [0.25, 0.3) is 0 Å². The summed E-state index contributed by atoms with van der Waals surface area (Å²) in [6, 6.07) is 7.71. The Balaban J connectivity index is 2.16. The Hall–Kier alpha value is -0.870. The molecule has 0 spiro atoms. The SMILES string of the molecule is CN(C(=O)C1(CN)CC1)c1ccc(Br)cc1. The Bertz CT molecular complexity index is 398. The fourth-order valence-corrected chi connectivity index (χ4v) is 2.06. The molecule has 1 saturated carbocycles. The van der Waals surface area contributed by atoms with E-state index in [9.17, 15) is 4.79 Å². The lowest BCUT2D eigenvalue weighted by Gasteiger charge is -2.22. The number of amides is 1. The molecule has 0 atom stereocenters. The summed E-state index contributed by atoms with van der Waals surface area (Å²) in [4.78, 5) is 13.9. The average Bonchev–Trinajstić information content (AvgIpc) is 3.09. The minimum Gasteiger partial charge on any atom is -0.329 e.